The summed E-state index contributed by atoms with van der Waals surface area (Å²) < 4.78 is 10.4. The largest absolute Gasteiger partial charge is 0.462 e. The Morgan fingerprint density at radius 1 is 1.33 bits per heavy atom. The average Bonchev–Trinajstić information content (AvgIpc) is 2.21. The molecule has 0 aliphatic rings. The molecule has 0 aromatic heterocycles. The van der Waals surface area contributed by atoms with Gasteiger partial charge in [-0.1, -0.05) is 19.9 Å². The summed E-state index contributed by atoms with van der Waals surface area (Å²) in [6.07, 6.45) is 3.13. The first kappa shape index (κ1) is 14.4. The van der Waals surface area contributed by atoms with Crippen molar-refractivity contribution in [1.29, 1.82) is 0 Å². The maximum atomic E-state index is 11.0. The zero-order chi connectivity index (χ0) is 11.5. The van der Waals surface area contributed by atoms with E-state index in [0.29, 0.717) is 12.2 Å². The van der Waals surface area contributed by atoms with Crippen LogP contribution in [0.3, 0.4) is 0 Å². The molecule has 0 spiro atoms. The molecule has 0 N–H and O–H groups in total. The summed E-state index contributed by atoms with van der Waals surface area (Å²) in [6.45, 7) is 8.70. The van der Waals surface area contributed by atoms with Crippen LogP contribution < -0.4 is 0 Å². The molecule has 0 radical (unpaired) electrons. The van der Waals surface area contributed by atoms with E-state index in [2.05, 4.69) is 13.5 Å². The lowest BCUT2D eigenvalue weighted by molar-refractivity contribution is -0.139. The van der Waals surface area contributed by atoms with Crippen molar-refractivity contribution in [2.24, 2.45) is 0 Å². The van der Waals surface area contributed by atoms with Gasteiger partial charge in [-0.05, 0) is 25.8 Å². The van der Waals surface area contributed by atoms with Gasteiger partial charge in [-0.25, -0.2) is 4.79 Å². The second-order valence-electron chi connectivity index (χ2n) is 3.59. The van der Waals surface area contributed by atoms with Crippen molar-refractivity contribution in [2.75, 3.05) is 13.2 Å². The zero-order valence-electron chi connectivity index (χ0n) is 9.88. The van der Waals surface area contributed by atoms with Gasteiger partial charge in [-0.15, -0.1) is 0 Å². The second-order valence-corrected chi connectivity index (χ2v) is 5.11. The van der Waals surface area contributed by atoms with E-state index >= 15 is 0 Å². The molecule has 0 fully saturated rings. The topological polar surface area (TPSA) is 35.5 Å². The van der Waals surface area contributed by atoms with E-state index in [1.807, 2.05) is 0 Å². The molecule has 3 nitrogen and oxygen atoms in total. The Kier molecular flexibility index (Phi) is 9.52. The highest BCUT2D eigenvalue weighted by atomic mass is 28.2. The fourth-order valence-corrected chi connectivity index (χ4v) is 2.27. The quantitative estimate of drug-likeness (QED) is 0.262. The molecule has 0 bridgehead atoms. The maximum absolute atomic E-state index is 11.0. The Bertz CT molecular complexity index is 192. The summed E-state index contributed by atoms with van der Waals surface area (Å²) in [5.74, 6) is -0.283. The third-order valence-corrected chi connectivity index (χ3v) is 3.23. The number of rotatable bonds is 9. The van der Waals surface area contributed by atoms with Crippen LogP contribution in [0, 0.1) is 0 Å². The number of hydrogen-bond donors (Lipinski definition) is 0. The minimum Gasteiger partial charge on any atom is -0.462 e. The summed E-state index contributed by atoms with van der Waals surface area (Å²) in [7, 11) is -0.321. The first-order valence-corrected chi connectivity index (χ1v) is 7.16. The molecular weight excluding hydrogens is 208 g/mol. The lowest BCUT2D eigenvalue weighted by Gasteiger charge is -2.04. The number of ether oxygens (including phenoxy) is 1. The summed E-state index contributed by atoms with van der Waals surface area (Å²) in [5.41, 5.74) is 0.468. The molecule has 0 unspecified atom stereocenters. The molecule has 0 aromatic rings. The van der Waals surface area contributed by atoms with Crippen molar-refractivity contribution in [2.45, 2.75) is 39.2 Å². The number of hydrogen-bond acceptors (Lipinski definition) is 3. The van der Waals surface area contributed by atoms with Crippen molar-refractivity contribution in [3.63, 3.8) is 0 Å². The zero-order valence-corrected chi connectivity index (χ0v) is 11.3. The highest BCUT2D eigenvalue weighted by Crippen LogP contribution is 1.99. The molecule has 0 saturated heterocycles. The van der Waals surface area contributed by atoms with E-state index in [4.69, 9.17) is 9.16 Å². The molecule has 88 valence electrons. The number of esters is 1. The van der Waals surface area contributed by atoms with E-state index in [9.17, 15) is 4.79 Å². The molecule has 0 rings (SSSR count). The van der Waals surface area contributed by atoms with E-state index in [1.165, 1.54) is 6.04 Å². The first-order chi connectivity index (χ1) is 7.18. The van der Waals surface area contributed by atoms with Gasteiger partial charge in [0.05, 0.1) is 6.61 Å². The van der Waals surface area contributed by atoms with Crippen LogP contribution in [0.5, 0.6) is 0 Å². The Morgan fingerprint density at radius 2 is 2.07 bits per heavy atom. The number of carbonyl (C=O) groups is 1. The van der Waals surface area contributed by atoms with Crippen LogP contribution in [0.4, 0.5) is 0 Å². The van der Waals surface area contributed by atoms with Gasteiger partial charge in [0.15, 0.2) is 9.76 Å². The summed E-state index contributed by atoms with van der Waals surface area (Å²) in [5, 5.41) is 0. The van der Waals surface area contributed by atoms with Crippen molar-refractivity contribution < 1.29 is 14.0 Å². The highest BCUT2D eigenvalue weighted by molar-refractivity contribution is 6.26. The predicted octanol–water partition coefficient (Wildman–Crippen LogP) is 1.81. The molecule has 0 aliphatic heterocycles. The Labute approximate surface area is 94.8 Å². The van der Waals surface area contributed by atoms with Crippen LogP contribution in [0.2, 0.25) is 6.04 Å². The fourth-order valence-electron chi connectivity index (χ4n) is 1.02. The SMILES string of the molecule is C=C(C)C(=O)OCCCC[SiH2]OCCC. The molecule has 15 heavy (non-hydrogen) atoms. The van der Waals surface area contributed by atoms with Crippen molar-refractivity contribution in [3.05, 3.63) is 12.2 Å². The van der Waals surface area contributed by atoms with Gasteiger partial charge in [0, 0.05) is 12.2 Å². The molecule has 4 heteroatoms. The second kappa shape index (κ2) is 9.92. The number of carbonyl (C=O) groups excluding carboxylic acids is 1. The van der Waals surface area contributed by atoms with E-state index in [1.54, 1.807) is 6.92 Å². The standard InChI is InChI=1S/C11H22O3Si/c1-4-7-14-15-9-6-5-8-13-11(12)10(2)3/h2,4-9,15H2,1,3H3. The number of unbranched alkanes of at least 4 members (excludes halogenated alkanes) is 1. The summed E-state index contributed by atoms with van der Waals surface area (Å²) in [4.78, 5) is 11.0. The van der Waals surface area contributed by atoms with Crippen LogP contribution in [0.15, 0.2) is 12.2 Å². The van der Waals surface area contributed by atoms with Crippen LogP contribution in [-0.4, -0.2) is 28.9 Å². The van der Waals surface area contributed by atoms with Gasteiger partial charge in [0.2, 0.25) is 0 Å². The molecule has 0 saturated carbocycles. The highest BCUT2D eigenvalue weighted by Gasteiger charge is 2.01. The first-order valence-electron chi connectivity index (χ1n) is 5.58. The molecule has 0 atom stereocenters. The van der Waals surface area contributed by atoms with Crippen LogP contribution in [-0.2, 0) is 14.0 Å². The Balaban J connectivity index is 3.11. The van der Waals surface area contributed by atoms with E-state index < -0.39 is 0 Å². The minimum absolute atomic E-state index is 0.283. The van der Waals surface area contributed by atoms with Gasteiger partial charge in [-0.3, -0.25) is 0 Å². The third kappa shape index (κ3) is 9.69. The Hall–Kier alpha value is -0.613. The van der Waals surface area contributed by atoms with Crippen molar-refractivity contribution in [3.8, 4) is 0 Å². The van der Waals surface area contributed by atoms with Gasteiger partial charge in [0.25, 0.3) is 0 Å². The van der Waals surface area contributed by atoms with E-state index in [0.717, 1.165) is 25.9 Å². The molecule has 0 aliphatic carbocycles. The molecule has 0 amide bonds. The van der Waals surface area contributed by atoms with Gasteiger partial charge in [0.1, 0.15) is 0 Å². The predicted molar refractivity (Wildman–Crippen MR) is 64.6 cm³/mol. The Morgan fingerprint density at radius 3 is 2.67 bits per heavy atom. The monoisotopic (exact) mass is 230 g/mol. The van der Waals surface area contributed by atoms with Gasteiger partial charge >= 0.3 is 5.97 Å². The van der Waals surface area contributed by atoms with Crippen LogP contribution in [0.1, 0.15) is 33.1 Å². The minimum atomic E-state index is -0.321. The van der Waals surface area contributed by atoms with Gasteiger partial charge < -0.3 is 9.16 Å². The normalized spacial score (nSPS) is 10.8. The van der Waals surface area contributed by atoms with E-state index in [-0.39, 0.29) is 15.7 Å². The lowest BCUT2D eigenvalue weighted by atomic mass is 10.3. The third-order valence-electron chi connectivity index (χ3n) is 1.86. The smallest absolute Gasteiger partial charge is 0.333 e. The fraction of sp³-hybridized carbons (Fsp3) is 0.727. The molecule has 0 heterocycles. The lowest BCUT2D eigenvalue weighted by Crippen LogP contribution is -2.06. The summed E-state index contributed by atoms with van der Waals surface area (Å²) >= 11 is 0. The van der Waals surface area contributed by atoms with Crippen molar-refractivity contribution >= 4 is 15.7 Å². The maximum Gasteiger partial charge on any atom is 0.333 e. The summed E-state index contributed by atoms with van der Waals surface area (Å²) in [6, 6.07) is 1.17. The molecular formula is C11H22O3Si. The van der Waals surface area contributed by atoms with Crippen molar-refractivity contribution in [1.82, 2.24) is 0 Å². The van der Waals surface area contributed by atoms with Crippen LogP contribution in [0.25, 0.3) is 0 Å². The average molecular weight is 230 g/mol. The molecule has 0 aromatic carbocycles. The van der Waals surface area contributed by atoms with Crippen LogP contribution >= 0.6 is 0 Å². The van der Waals surface area contributed by atoms with Gasteiger partial charge in [-0.2, -0.15) is 0 Å².